The second kappa shape index (κ2) is 10.6. The molecule has 1 atom stereocenters. The molecule has 166 valence electrons. The molecule has 4 rings (SSSR count). The Morgan fingerprint density at radius 3 is 2.56 bits per heavy atom. The van der Waals surface area contributed by atoms with Gasteiger partial charge in [-0.05, 0) is 61.4 Å². The molecule has 0 radical (unpaired) electrons. The Morgan fingerprint density at radius 1 is 1.03 bits per heavy atom. The van der Waals surface area contributed by atoms with Gasteiger partial charge in [-0.2, -0.15) is 0 Å². The Kier molecular flexibility index (Phi) is 7.17. The van der Waals surface area contributed by atoms with Crippen molar-refractivity contribution in [2.24, 2.45) is 5.92 Å². The van der Waals surface area contributed by atoms with Gasteiger partial charge in [0.05, 0.1) is 25.3 Å². The van der Waals surface area contributed by atoms with E-state index in [2.05, 4.69) is 20.4 Å². The number of piperidine rings is 1. The summed E-state index contributed by atoms with van der Waals surface area (Å²) >= 11 is 0. The van der Waals surface area contributed by atoms with Gasteiger partial charge >= 0.3 is 0 Å². The average molecular weight is 433 g/mol. The minimum atomic E-state index is -0.0662. The number of amides is 1. The van der Waals surface area contributed by atoms with Gasteiger partial charge in [0.1, 0.15) is 18.1 Å². The van der Waals surface area contributed by atoms with Crippen LogP contribution < -0.4 is 19.7 Å². The highest BCUT2D eigenvalue weighted by molar-refractivity contribution is 5.79. The number of methoxy groups -OCH3 is 1. The molecule has 1 aliphatic heterocycles. The molecular weight excluding hydrogens is 404 g/mol. The number of aromatic nitrogens is 2. The van der Waals surface area contributed by atoms with E-state index in [1.807, 2.05) is 66.7 Å². The highest BCUT2D eigenvalue weighted by atomic mass is 16.5. The van der Waals surface area contributed by atoms with Gasteiger partial charge in [-0.1, -0.05) is 18.2 Å². The van der Waals surface area contributed by atoms with E-state index in [1.54, 1.807) is 7.11 Å². The first-order chi connectivity index (χ1) is 15.7. The second-order valence-electron chi connectivity index (χ2n) is 7.74. The lowest BCUT2D eigenvalue weighted by molar-refractivity contribution is -0.125. The zero-order valence-corrected chi connectivity index (χ0v) is 18.2. The van der Waals surface area contributed by atoms with Crippen LogP contribution in [0.25, 0.3) is 11.3 Å². The van der Waals surface area contributed by atoms with Crippen molar-refractivity contribution in [3.8, 4) is 22.8 Å². The van der Waals surface area contributed by atoms with E-state index in [9.17, 15) is 4.79 Å². The van der Waals surface area contributed by atoms with E-state index < -0.39 is 0 Å². The maximum Gasteiger partial charge on any atom is 0.225 e. The van der Waals surface area contributed by atoms with Gasteiger partial charge in [0.2, 0.25) is 5.91 Å². The first-order valence-corrected chi connectivity index (χ1v) is 10.9. The van der Waals surface area contributed by atoms with Crippen molar-refractivity contribution in [3.63, 3.8) is 0 Å². The van der Waals surface area contributed by atoms with Crippen molar-refractivity contribution >= 4 is 11.7 Å². The summed E-state index contributed by atoms with van der Waals surface area (Å²) in [5.41, 5.74) is 1.79. The molecule has 2 heterocycles. The smallest absolute Gasteiger partial charge is 0.225 e. The maximum atomic E-state index is 12.6. The summed E-state index contributed by atoms with van der Waals surface area (Å²) in [6, 6.07) is 21.3. The number of carbonyl (C=O) groups excluding carboxylic acids is 1. The van der Waals surface area contributed by atoms with Crippen molar-refractivity contribution in [1.29, 1.82) is 0 Å². The molecular formula is C25H28N4O3. The second-order valence-corrected chi connectivity index (χ2v) is 7.74. The molecule has 2 aromatic carbocycles. The molecule has 0 bridgehead atoms. The number of anilines is 1. The average Bonchev–Trinajstić information content (AvgIpc) is 2.87. The van der Waals surface area contributed by atoms with Gasteiger partial charge in [0.15, 0.2) is 5.82 Å². The van der Waals surface area contributed by atoms with E-state index in [1.165, 1.54) is 0 Å². The van der Waals surface area contributed by atoms with Crippen molar-refractivity contribution in [2.75, 3.05) is 38.3 Å². The molecule has 0 saturated carbocycles. The Bertz CT molecular complexity index is 994. The number of carbonyl (C=O) groups is 1. The molecule has 32 heavy (non-hydrogen) atoms. The summed E-state index contributed by atoms with van der Waals surface area (Å²) in [6.45, 7) is 2.45. The Balaban J connectivity index is 1.28. The van der Waals surface area contributed by atoms with Gasteiger partial charge in [-0.15, -0.1) is 10.2 Å². The maximum absolute atomic E-state index is 12.6. The summed E-state index contributed by atoms with van der Waals surface area (Å²) in [4.78, 5) is 14.8. The lowest BCUT2D eigenvalue weighted by Crippen LogP contribution is -2.44. The molecule has 1 saturated heterocycles. The summed E-state index contributed by atoms with van der Waals surface area (Å²) in [5, 5.41) is 11.8. The van der Waals surface area contributed by atoms with E-state index in [-0.39, 0.29) is 11.8 Å². The first kappa shape index (κ1) is 21.6. The SMILES string of the molecule is COc1ccc(-c2ccc(N3CCCC(C(=O)NCCOc4ccccc4)C3)nn2)cc1. The zero-order chi connectivity index (χ0) is 22.2. The number of ether oxygens (including phenoxy) is 2. The first-order valence-electron chi connectivity index (χ1n) is 10.9. The summed E-state index contributed by atoms with van der Waals surface area (Å²) in [6.07, 6.45) is 1.82. The monoisotopic (exact) mass is 432 g/mol. The minimum absolute atomic E-state index is 0.0640. The molecule has 1 unspecified atom stereocenters. The Morgan fingerprint density at radius 2 is 1.84 bits per heavy atom. The highest BCUT2D eigenvalue weighted by Crippen LogP contribution is 2.24. The molecule has 1 aromatic heterocycles. The van der Waals surface area contributed by atoms with Gasteiger partial charge in [0, 0.05) is 18.7 Å². The third kappa shape index (κ3) is 5.55. The van der Waals surface area contributed by atoms with Crippen LogP contribution in [0.3, 0.4) is 0 Å². The summed E-state index contributed by atoms with van der Waals surface area (Å²) < 4.78 is 10.8. The van der Waals surface area contributed by atoms with Crippen LogP contribution in [0.2, 0.25) is 0 Å². The molecule has 0 spiro atoms. The Labute approximate surface area is 188 Å². The lowest BCUT2D eigenvalue weighted by Gasteiger charge is -2.32. The topological polar surface area (TPSA) is 76.6 Å². The third-order valence-corrected chi connectivity index (χ3v) is 5.57. The number of nitrogens with one attached hydrogen (secondary N) is 1. The number of hydrogen-bond acceptors (Lipinski definition) is 6. The van der Waals surface area contributed by atoms with Crippen molar-refractivity contribution in [1.82, 2.24) is 15.5 Å². The summed E-state index contributed by atoms with van der Waals surface area (Å²) in [7, 11) is 1.65. The largest absolute Gasteiger partial charge is 0.497 e. The van der Waals surface area contributed by atoms with Gasteiger partial charge < -0.3 is 19.7 Å². The number of rotatable bonds is 8. The van der Waals surface area contributed by atoms with Crippen molar-refractivity contribution < 1.29 is 14.3 Å². The van der Waals surface area contributed by atoms with Crippen LogP contribution in [0, 0.1) is 5.92 Å². The number of nitrogens with zero attached hydrogens (tertiary/aromatic N) is 3. The normalized spacial score (nSPS) is 15.8. The Hall–Kier alpha value is -3.61. The fourth-order valence-corrected chi connectivity index (χ4v) is 3.81. The minimum Gasteiger partial charge on any atom is -0.497 e. The van der Waals surface area contributed by atoms with Gasteiger partial charge in [0.25, 0.3) is 0 Å². The fourth-order valence-electron chi connectivity index (χ4n) is 3.81. The summed E-state index contributed by atoms with van der Waals surface area (Å²) in [5.74, 6) is 2.41. The van der Waals surface area contributed by atoms with E-state index in [0.29, 0.717) is 19.7 Å². The van der Waals surface area contributed by atoms with Gasteiger partial charge in [-0.3, -0.25) is 4.79 Å². The molecule has 1 N–H and O–H groups in total. The van der Waals surface area contributed by atoms with Crippen LogP contribution in [-0.2, 0) is 4.79 Å². The van der Waals surface area contributed by atoms with Crippen LogP contribution in [0.1, 0.15) is 12.8 Å². The predicted octanol–water partition coefficient (Wildman–Crippen LogP) is 3.56. The van der Waals surface area contributed by atoms with Crippen molar-refractivity contribution in [2.45, 2.75) is 12.8 Å². The number of benzene rings is 2. The molecule has 1 aliphatic rings. The molecule has 0 aliphatic carbocycles. The van der Waals surface area contributed by atoms with Crippen LogP contribution in [-0.4, -0.2) is 49.5 Å². The van der Waals surface area contributed by atoms with Crippen LogP contribution >= 0.6 is 0 Å². The molecule has 7 heteroatoms. The number of para-hydroxylation sites is 1. The quantitative estimate of drug-likeness (QED) is 0.549. The van der Waals surface area contributed by atoms with Crippen LogP contribution in [0.4, 0.5) is 5.82 Å². The van der Waals surface area contributed by atoms with Crippen LogP contribution in [0.15, 0.2) is 66.7 Å². The van der Waals surface area contributed by atoms with E-state index in [0.717, 1.165) is 48.0 Å². The predicted molar refractivity (Wildman–Crippen MR) is 124 cm³/mol. The number of hydrogen-bond donors (Lipinski definition) is 1. The van der Waals surface area contributed by atoms with Crippen LogP contribution in [0.5, 0.6) is 11.5 Å². The van der Waals surface area contributed by atoms with Gasteiger partial charge in [-0.25, -0.2) is 0 Å². The molecule has 7 nitrogen and oxygen atoms in total. The molecule has 1 amide bonds. The standard InChI is InChI=1S/C25H28N4O3/c1-31-21-11-9-19(10-12-21)23-13-14-24(28-27-23)29-16-5-6-20(18-29)25(30)26-15-17-32-22-7-3-2-4-8-22/h2-4,7-14,20H,5-6,15-18H2,1H3,(H,26,30). The van der Waals surface area contributed by atoms with E-state index >= 15 is 0 Å². The fraction of sp³-hybridized carbons (Fsp3) is 0.320. The lowest BCUT2D eigenvalue weighted by atomic mass is 9.97. The zero-order valence-electron chi connectivity index (χ0n) is 18.2. The molecule has 3 aromatic rings. The van der Waals surface area contributed by atoms with E-state index in [4.69, 9.17) is 9.47 Å². The third-order valence-electron chi connectivity index (χ3n) is 5.57. The van der Waals surface area contributed by atoms with Crippen molar-refractivity contribution in [3.05, 3.63) is 66.7 Å². The molecule has 1 fully saturated rings. The highest BCUT2D eigenvalue weighted by Gasteiger charge is 2.26.